The van der Waals surface area contributed by atoms with E-state index in [4.69, 9.17) is 19.4 Å². The summed E-state index contributed by atoms with van der Waals surface area (Å²) in [6, 6.07) is 6.41. The first-order valence-electron chi connectivity index (χ1n) is 13.3. The van der Waals surface area contributed by atoms with E-state index in [1.54, 1.807) is 17.3 Å². The van der Waals surface area contributed by atoms with Crippen molar-refractivity contribution in [2.45, 2.75) is 25.8 Å². The molecule has 2 aliphatic heterocycles. The van der Waals surface area contributed by atoms with Crippen LogP contribution in [-0.4, -0.2) is 93.3 Å². The van der Waals surface area contributed by atoms with Crippen molar-refractivity contribution in [3.05, 3.63) is 48.8 Å². The van der Waals surface area contributed by atoms with Crippen molar-refractivity contribution in [3.63, 3.8) is 0 Å². The molecule has 4 aromatic rings. The fourth-order valence-electron chi connectivity index (χ4n) is 5.31. The number of carbonyl (C=O) groups is 1. The van der Waals surface area contributed by atoms with Gasteiger partial charge in [0.1, 0.15) is 23.4 Å². The van der Waals surface area contributed by atoms with E-state index in [9.17, 15) is 4.79 Å². The van der Waals surface area contributed by atoms with E-state index in [0.717, 1.165) is 35.9 Å². The number of amides is 1. The van der Waals surface area contributed by atoms with E-state index in [-0.39, 0.29) is 5.91 Å². The number of aryl methyl sites for hydroxylation is 1. The Morgan fingerprint density at radius 3 is 2.77 bits per heavy atom. The molecule has 1 aromatic carbocycles. The second-order valence-electron chi connectivity index (χ2n) is 10.1. The van der Waals surface area contributed by atoms with Gasteiger partial charge in [-0.3, -0.25) is 14.9 Å². The predicted molar refractivity (Wildman–Crippen MR) is 148 cm³/mol. The number of nitrogens with one attached hydrogen (secondary N) is 1. The lowest BCUT2D eigenvalue weighted by Gasteiger charge is -2.35. The van der Waals surface area contributed by atoms with Crippen molar-refractivity contribution >= 4 is 33.7 Å². The SMILES string of the molecule is C=CC(=O)N1CCN(c2nc(OC[C@@H]3CCCN3C)nc3c(Oc4c(C)ccc5[nH]ncc45)ccnc23)CC1. The molecule has 1 N–H and O–H groups in total. The average Bonchev–Trinajstić information content (AvgIpc) is 3.61. The molecule has 11 nitrogen and oxygen atoms in total. The van der Waals surface area contributed by atoms with Gasteiger partial charge in [0.2, 0.25) is 5.91 Å². The molecule has 11 heteroatoms. The van der Waals surface area contributed by atoms with E-state index in [0.29, 0.717) is 73.2 Å². The highest BCUT2D eigenvalue weighted by Crippen LogP contribution is 2.37. The Morgan fingerprint density at radius 2 is 2.00 bits per heavy atom. The smallest absolute Gasteiger partial charge is 0.319 e. The molecule has 39 heavy (non-hydrogen) atoms. The second kappa shape index (κ2) is 10.5. The maximum Gasteiger partial charge on any atom is 0.319 e. The van der Waals surface area contributed by atoms with Crippen molar-refractivity contribution < 1.29 is 14.3 Å². The molecule has 202 valence electrons. The van der Waals surface area contributed by atoms with Gasteiger partial charge in [0.15, 0.2) is 11.6 Å². The van der Waals surface area contributed by atoms with Gasteiger partial charge in [0.25, 0.3) is 0 Å². The molecular formula is C28H32N8O3. The average molecular weight is 529 g/mol. The van der Waals surface area contributed by atoms with Crippen LogP contribution in [0.4, 0.5) is 5.82 Å². The van der Waals surface area contributed by atoms with Crippen LogP contribution in [0.5, 0.6) is 17.5 Å². The molecular weight excluding hydrogens is 496 g/mol. The third-order valence-electron chi connectivity index (χ3n) is 7.63. The van der Waals surface area contributed by atoms with Crippen molar-refractivity contribution in [1.29, 1.82) is 0 Å². The van der Waals surface area contributed by atoms with Gasteiger partial charge < -0.3 is 24.2 Å². The van der Waals surface area contributed by atoms with Crippen molar-refractivity contribution in [1.82, 2.24) is 34.9 Å². The maximum absolute atomic E-state index is 12.1. The van der Waals surface area contributed by atoms with Gasteiger partial charge in [-0.1, -0.05) is 12.6 Å². The number of H-pyrrole nitrogens is 1. The van der Waals surface area contributed by atoms with Crippen LogP contribution in [0.3, 0.4) is 0 Å². The van der Waals surface area contributed by atoms with Gasteiger partial charge in [-0.05, 0) is 51.1 Å². The minimum atomic E-state index is -0.0653. The number of aromatic nitrogens is 5. The third kappa shape index (κ3) is 4.85. The number of hydrogen-bond acceptors (Lipinski definition) is 9. The van der Waals surface area contributed by atoms with Crippen molar-refractivity contribution in [2.75, 3.05) is 51.3 Å². The number of benzene rings is 1. The fraction of sp³-hybridized carbons (Fsp3) is 0.393. The molecule has 5 heterocycles. The number of anilines is 1. The van der Waals surface area contributed by atoms with Crippen molar-refractivity contribution in [3.8, 4) is 17.5 Å². The Bertz CT molecular complexity index is 1530. The lowest BCUT2D eigenvalue weighted by molar-refractivity contribution is -0.126. The van der Waals surface area contributed by atoms with Crippen LogP contribution < -0.4 is 14.4 Å². The first kappa shape index (κ1) is 25.1. The highest BCUT2D eigenvalue weighted by Gasteiger charge is 2.26. The number of likely N-dealkylation sites (tertiary alicyclic amines) is 1. The van der Waals surface area contributed by atoms with E-state index in [2.05, 4.69) is 38.6 Å². The lowest BCUT2D eigenvalue weighted by Crippen LogP contribution is -2.48. The number of nitrogens with zero attached hydrogens (tertiary/aromatic N) is 7. The van der Waals surface area contributed by atoms with Gasteiger partial charge in [0.05, 0.1) is 17.1 Å². The Morgan fingerprint density at radius 1 is 1.15 bits per heavy atom. The second-order valence-corrected chi connectivity index (χ2v) is 10.1. The largest absolute Gasteiger partial charge is 0.462 e. The number of aromatic amines is 1. The molecule has 1 amide bonds. The van der Waals surface area contributed by atoms with Gasteiger partial charge in [-0.15, -0.1) is 0 Å². The Balaban J connectivity index is 1.38. The summed E-state index contributed by atoms with van der Waals surface area (Å²) in [6.45, 7) is 9.53. The molecule has 0 bridgehead atoms. The first-order valence-corrected chi connectivity index (χ1v) is 13.3. The topological polar surface area (TPSA) is 113 Å². The summed E-state index contributed by atoms with van der Waals surface area (Å²) in [5.41, 5.74) is 3.06. The van der Waals surface area contributed by atoms with Crippen LogP contribution in [0.2, 0.25) is 0 Å². The van der Waals surface area contributed by atoms with Gasteiger partial charge in [0, 0.05) is 44.5 Å². The molecule has 1 atom stereocenters. The lowest BCUT2D eigenvalue weighted by atomic mass is 10.1. The molecule has 0 saturated carbocycles. The van der Waals surface area contributed by atoms with Crippen LogP contribution in [0.25, 0.3) is 21.9 Å². The number of likely N-dealkylation sites (N-methyl/N-ethyl adjacent to an activating group) is 1. The summed E-state index contributed by atoms with van der Waals surface area (Å²) in [5.74, 6) is 1.87. The van der Waals surface area contributed by atoms with Gasteiger partial charge in [-0.2, -0.15) is 15.1 Å². The summed E-state index contributed by atoms with van der Waals surface area (Å²) in [5, 5.41) is 8.07. The number of hydrogen-bond donors (Lipinski definition) is 1. The van der Waals surface area contributed by atoms with Crippen LogP contribution >= 0.6 is 0 Å². The number of ether oxygens (including phenoxy) is 2. The molecule has 3 aromatic heterocycles. The molecule has 0 aliphatic carbocycles. The van der Waals surface area contributed by atoms with Crippen LogP contribution in [0.1, 0.15) is 18.4 Å². The molecule has 2 aliphatic rings. The Kier molecular flexibility index (Phi) is 6.74. The van der Waals surface area contributed by atoms with Gasteiger partial charge in [-0.25, -0.2) is 0 Å². The monoisotopic (exact) mass is 528 g/mol. The number of piperazine rings is 1. The quantitative estimate of drug-likeness (QED) is 0.361. The van der Waals surface area contributed by atoms with Crippen LogP contribution in [-0.2, 0) is 4.79 Å². The zero-order chi connectivity index (χ0) is 26.9. The minimum absolute atomic E-state index is 0.0653. The predicted octanol–water partition coefficient (Wildman–Crippen LogP) is 3.31. The number of carbonyl (C=O) groups excluding carboxylic acids is 1. The molecule has 0 unspecified atom stereocenters. The van der Waals surface area contributed by atoms with E-state index >= 15 is 0 Å². The maximum atomic E-state index is 12.1. The molecule has 2 fully saturated rings. The van der Waals surface area contributed by atoms with E-state index in [1.807, 2.05) is 25.1 Å². The van der Waals surface area contributed by atoms with Crippen LogP contribution in [0, 0.1) is 6.92 Å². The Hall–Kier alpha value is -4.25. The Labute approximate surface area is 226 Å². The summed E-state index contributed by atoms with van der Waals surface area (Å²) < 4.78 is 12.7. The molecule has 2 saturated heterocycles. The van der Waals surface area contributed by atoms with E-state index < -0.39 is 0 Å². The summed E-state index contributed by atoms with van der Waals surface area (Å²) >= 11 is 0. The zero-order valence-corrected chi connectivity index (χ0v) is 22.3. The highest BCUT2D eigenvalue weighted by molar-refractivity contribution is 5.92. The molecule has 0 radical (unpaired) electrons. The minimum Gasteiger partial charge on any atom is -0.462 e. The summed E-state index contributed by atoms with van der Waals surface area (Å²) in [6.07, 6.45) is 7.07. The van der Waals surface area contributed by atoms with Crippen LogP contribution in [0.15, 0.2) is 43.2 Å². The summed E-state index contributed by atoms with van der Waals surface area (Å²) in [4.78, 5) is 32.7. The fourth-order valence-corrected chi connectivity index (χ4v) is 5.31. The van der Waals surface area contributed by atoms with Crippen molar-refractivity contribution in [2.24, 2.45) is 0 Å². The summed E-state index contributed by atoms with van der Waals surface area (Å²) in [7, 11) is 2.12. The number of fused-ring (bicyclic) bond motifs is 2. The normalized spacial score (nSPS) is 18.2. The standard InChI is InChI=1S/C28H32N8O3/c1-4-23(37)35-12-14-36(15-13-35)27-25-24(31-28(32-27)38-17-19-6-5-11-34(19)3)22(9-10-29-25)39-26-18(2)7-8-21-20(26)16-30-33-21/h4,7-10,16,19H,1,5-6,11-15,17H2,2-3H3,(H,30,33)/t19-/m0/s1. The van der Waals surface area contributed by atoms with Gasteiger partial charge >= 0.3 is 6.01 Å². The number of pyridine rings is 1. The zero-order valence-electron chi connectivity index (χ0n) is 22.3. The molecule has 0 spiro atoms. The highest BCUT2D eigenvalue weighted by atomic mass is 16.5. The third-order valence-corrected chi connectivity index (χ3v) is 7.63. The van der Waals surface area contributed by atoms with E-state index in [1.165, 1.54) is 6.08 Å². The first-order chi connectivity index (χ1) is 19.0. The molecule has 6 rings (SSSR count). The number of rotatable bonds is 7.